The van der Waals surface area contributed by atoms with Crippen LogP contribution in [0.4, 0.5) is 24.2 Å². The van der Waals surface area contributed by atoms with E-state index in [0.29, 0.717) is 0 Å². The maximum absolute atomic E-state index is 15.0. The van der Waals surface area contributed by atoms with Gasteiger partial charge in [-0.25, -0.2) is 28.4 Å². The average Bonchev–Trinajstić information content (AvgIpc) is 2.82. The molecule has 1 rings (SSSR count). The third kappa shape index (κ3) is 14.5. The number of hydrogen-bond acceptors (Lipinski definition) is 12. The number of halogens is 2. The molecule has 0 fully saturated rings. The molecule has 42 heavy (non-hydrogen) atoms. The van der Waals surface area contributed by atoms with Crippen LogP contribution in [-0.2, 0) is 44.6 Å². The molecule has 0 unspecified atom stereocenters. The molecule has 1 heterocycles. The summed E-state index contributed by atoms with van der Waals surface area (Å²) in [7, 11) is 0. The molecule has 0 bridgehead atoms. The Balaban J connectivity index is 2.99. The Labute approximate surface area is 241 Å². The second kappa shape index (κ2) is 15.8. The van der Waals surface area contributed by atoms with Crippen molar-refractivity contribution in [3.8, 4) is 0 Å². The van der Waals surface area contributed by atoms with Crippen molar-refractivity contribution in [1.82, 2.24) is 9.55 Å². The van der Waals surface area contributed by atoms with E-state index in [1.54, 1.807) is 20.8 Å². The van der Waals surface area contributed by atoms with Gasteiger partial charge < -0.3 is 28.4 Å². The summed E-state index contributed by atoms with van der Waals surface area (Å²) in [6.07, 6.45) is -7.15. The fourth-order valence-corrected chi connectivity index (χ4v) is 2.72. The first kappa shape index (κ1) is 35.9. The summed E-state index contributed by atoms with van der Waals surface area (Å²) in [5.74, 6) is -2.14. The summed E-state index contributed by atoms with van der Waals surface area (Å²) >= 11 is 0. The van der Waals surface area contributed by atoms with E-state index in [-0.39, 0.29) is 11.4 Å². The number of carbonyl (C=O) groups excluding carboxylic acids is 4. The van der Waals surface area contributed by atoms with Gasteiger partial charge in [0.25, 0.3) is 6.36 Å². The number of hydrogen-bond donors (Lipinski definition) is 1. The zero-order valence-electron chi connectivity index (χ0n) is 24.6. The molecular weight excluding hydrogens is 568 g/mol. The van der Waals surface area contributed by atoms with Crippen molar-refractivity contribution in [3.63, 3.8) is 0 Å². The van der Waals surface area contributed by atoms with Crippen LogP contribution in [-0.4, -0.2) is 83.4 Å². The minimum absolute atomic E-state index is 0.0165. The number of ether oxygens (including phenoxy) is 6. The first-order valence-electron chi connectivity index (χ1n) is 12.6. The summed E-state index contributed by atoms with van der Waals surface area (Å²) in [5.41, 5.74) is -2.74. The van der Waals surface area contributed by atoms with E-state index in [4.69, 9.17) is 18.9 Å². The molecule has 0 aliphatic carbocycles. The monoisotopic (exact) mass is 605 g/mol. The zero-order valence-corrected chi connectivity index (χ0v) is 24.6. The summed E-state index contributed by atoms with van der Waals surface area (Å²) in [4.78, 5) is 63.4. The number of nitrogens with one attached hydrogen (secondary N) is 1. The van der Waals surface area contributed by atoms with Gasteiger partial charge in [-0.2, -0.15) is 9.37 Å². The number of esters is 2. The van der Waals surface area contributed by atoms with Crippen LogP contribution in [0.1, 0.15) is 48.5 Å². The van der Waals surface area contributed by atoms with Gasteiger partial charge in [0, 0.05) is 11.8 Å². The second-order valence-corrected chi connectivity index (χ2v) is 10.8. The molecule has 14 nitrogen and oxygen atoms in total. The second-order valence-electron chi connectivity index (χ2n) is 10.8. The van der Waals surface area contributed by atoms with Crippen LogP contribution in [0.25, 0.3) is 0 Å². The van der Waals surface area contributed by atoms with Crippen molar-refractivity contribution in [2.24, 2.45) is 0 Å². The van der Waals surface area contributed by atoms with Gasteiger partial charge >= 0.3 is 29.9 Å². The Bertz CT molecular complexity index is 1180. The highest BCUT2D eigenvalue weighted by Crippen LogP contribution is 2.16. The van der Waals surface area contributed by atoms with E-state index in [2.05, 4.69) is 26.4 Å². The van der Waals surface area contributed by atoms with Gasteiger partial charge in [0.15, 0.2) is 12.7 Å². The van der Waals surface area contributed by atoms with Crippen molar-refractivity contribution < 1.29 is 56.4 Å². The largest absolute Gasteiger partial charge is 0.511 e. The van der Waals surface area contributed by atoms with Crippen molar-refractivity contribution in [2.45, 2.75) is 84.8 Å². The van der Waals surface area contributed by atoms with E-state index in [0.717, 1.165) is 4.57 Å². The fraction of sp³-hybridized carbons (Fsp3) is 0.615. The zero-order chi connectivity index (χ0) is 32.3. The highest BCUT2D eigenvalue weighted by molar-refractivity contribution is 5.88. The van der Waals surface area contributed by atoms with E-state index < -0.39 is 86.1 Å². The first-order chi connectivity index (χ1) is 19.3. The van der Waals surface area contributed by atoms with E-state index in [9.17, 15) is 32.8 Å². The van der Waals surface area contributed by atoms with E-state index >= 15 is 0 Å². The third-order valence-corrected chi connectivity index (χ3v) is 4.41. The van der Waals surface area contributed by atoms with Crippen molar-refractivity contribution in [1.29, 1.82) is 0 Å². The van der Waals surface area contributed by atoms with Crippen LogP contribution in [0.2, 0.25) is 0 Å². The fourth-order valence-electron chi connectivity index (χ4n) is 2.72. The summed E-state index contributed by atoms with van der Waals surface area (Å²) < 4.78 is 59.2. The SMILES string of the molecule is C=C(C)C(=O)OCC(=O)OC[C@@H](O[C@H](CF)Cn1ccc(NC(=O)OC(C)(C)C)nc1=O)[C@H](F)OC(=O)OC(C)(C)C. The molecule has 0 spiro atoms. The molecule has 0 aliphatic rings. The molecule has 1 aromatic rings. The van der Waals surface area contributed by atoms with Crippen LogP contribution in [0.5, 0.6) is 0 Å². The summed E-state index contributed by atoms with van der Waals surface area (Å²) in [5, 5.41) is 2.28. The van der Waals surface area contributed by atoms with Gasteiger partial charge in [-0.3, -0.25) is 9.88 Å². The topological polar surface area (TPSA) is 171 Å². The van der Waals surface area contributed by atoms with Crippen molar-refractivity contribution >= 4 is 30.0 Å². The number of anilines is 1. The predicted molar refractivity (Wildman–Crippen MR) is 142 cm³/mol. The van der Waals surface area contributed by atoms with Crippen LogP contribution in [0.3, 0.4) is 0 Å². The number of amides is 1. The van der Waals surface area contributed by atoms with Crippen molar-refractivity contribution in [3.05, 3.63) is 34.9 Å². The van der Waals surface area contributed by atoms with Crippen LogP contribution < -0.4 is 11.0 Å². The Hall–Kier alpha value is -4.08. The molecule has 0 aliphatic heterocycles. The summed E-state index contributed by atoms with van der Waals surface area (Å²) in [6, 6.07) is 1.23. The van der Waals surface area contributed by atoms with Crippen molar-refractivity contribution in [2.75, 3.05) is 25.2 Å². The Kier molecular flexibility index (Phi) is 13.5. The van der Waals surface area contributed by atoms with Crippen LogP contribution in [0.15, 0.2) is 29.2 Å². The number of carbonyl (C=O) groups is 4. The molecular formula is C26H37F2N3O11. The molecule has 16 heteroatoms. The highest BCUT2D eigenvalue weighted by atomic mass is 19.1. The van der Waals surface area contributed by atoms with Gasteiger partial charge in [-0.05, 0) is 54.5 Å². The minimum atomic E-state index is -2.62. The number of alkyl halides is 2. The average molecular weight is 606 g/mol. The van der Waals surface area contributed by atoms with E-state index in [1.807, 2.05) is 0 Å². The molecule has 0 radical (unpaired) electrons. The van der Waals surface area contributed by atoms with E-state index in [1.165, 1.54) is 40.0 Å². The molecule has 0 saturated carbocycles. The Morgan fingerprint density at radius 3 is 2.21 bits per heavy atom. The highest BCUT2D eigenvalue weighted by Gasteiger charge is 2.32. The standard InChI is InChI=1S/C26H37F2N3O11/c1-15(2)21(33)38-14-19(32)37-13-17(20(28)40-24(36)42-26(6,7)8)39-16(11-27)12-31-10-9-18(29-22(31)34)30-23(35)41-25(3,4)5/h9-10,16-17,20H,1,11-14H2,2-8H3,(H,29,30,34,35)/t16-,17-,20-/m1/s1. The molecule has 236 valence electrons. The lowest BCUT2D eigenvalue weighted by Gasteiger charge is -2.26. The summed E-state index contributed by atoms with van der Waals surface area (Å²) in [6.45, 7) is 10.6. The van der Waals surface area contributed by atoms with Gasteiger partial charge in [0.05, 0.1) is 6.54 Å². The number of rotatable bonds is 13. The first-order valence-corrected chi connectivity index (χ1v) is 12.6. The number of aromatic nitrogens is 2. The molecule has 1 aromatic heterocycles. The normalized spacial score (nSPS) is 13.6. The lowest BCUT2D eigenvalue weighted by molar-refractivity contribution is -0.180. The molecule has 3 atom stereocenters. The third-order valence-electron chi connectivity index (χ3n) is 4.41. The van der Waals surface area contributed by atoms with Gasteiger partial charge in [0.2, 0.25) is 0 Å². The van der Waals surface area contributed by atoms with Gasteiger partial charge in [0.1, 0.15) is 36.4 Å². The predicted octanol–water partition coefficient (Wildman–Crippen LogP) is 3.22. The quantitative estimate of drug-likeness (QED) is 0.198. The molecule has 0 saturated heterocycles. The Morgan fingerprint density at radius 1 is 1.07 bits per heavy atom. The maximum Gasteiger partial charge on any atom is 0.511 e. The molecule has 0 aromatic carbocycles. The van der Waals surface area contributed by atoms with Crippen LogP contribution >= 0.6 is 0 Å². The number of nitrogens with zero attached hydrogens (tertiary/aromatic N) is 2. The Morgan fingerprint density at radius 2 is 1.69 bits per heavy atom. The van der Waals surface area contributed by atoms with Gasteiger partial charge in [-0.1, -0.05) is 6.58 Å². The molecule has 1 amide bonds. The van der Waals surface area contributed by atoms with Gasteiger partial charge in [-0.15, -0.1) is 0 Å². The smallest absolute Gasteiger partial charge is 0.460 e. The molecule has 1 N–H and O–H groups in total. The maximum atomic E-state index is 15.0. The minimum Gasteiger partial charge on any atom is -0.460 e. The lowest BCUT2D eigenvalue weighted by Crippen LogP contribution is -2.41. The van der Waals surface area contributed by atoms with Crippen LogP contribution in [0, 0.1) is 0 Å². The lowest BCUT2D eigenvalue weighted by atomic mass is 10.2.